The number of rotatable bonds is 9. The van der Waals surface area contributed by atoms with Crippen LogP contribution >= 0.6 is 0 Å². The molecule has 1 amide bonds. The van der Waals surface area contributed by atoms with E-state index in [9.17, 15) is 4.79 Å². The first-order chi connectivity index (χ1) is 14.4. The second kappa shape index (κ2) is 9.59. The maximum atomic E-state index is 13.3. The predicted molar refractivity (Wildman–Crippen MR) is 119 cm³/mol. The maximum absolute atomic E-state index is 13.3. The van der Waals surface area contributed by atoms with Crippen LogP contribution in [0.2, 0.25) is 0 Å². The highest BCUT2D eigenvalue weighted by Gasteiger charge is 2.30. The summed E-state index contributed by atoms with van der Waals surface area (Å²) in [6.45, 7) is 4.79. The minimum atomic E-state index is -0.334. The van der Waals surface area contributed by atoms with E-state index in [0.29, 0.717) is 13.0 Å². The Kier molecular flexibility index (Phi) is 6.90. The van der Waals surface area contributed by atoms with Crippen molar-refractivity contribution in [1.29, 1.82) is 0 Å². The zero-order chi connectivity index (χ0) is 21.6. The van der Waals surface area contributed by atoms with E-state index in [1.54, 1.807) is 20.4 Å². The van der Waals surface area contributed by atoms with E-state index in [1.807, 2.05) is 54.7 Å². The van der Waals surface area contributed by atoms with Gasteiger partial charge in [-0.15, -0.1) is 0 Å². The van der Waals surface area contributed by atoms with Gasteiger partial charge in [0.1, 0.15) is 5.75 Å². The van der Waals surface area contributed by atoms with Crippen molar-refractivity contribution in [2.75, 3.05) is 26.1 Å². The Morgan fingerprint density at radius 2 is 1.90 bits per heavy atom. The van der Waals surface area contributed by atoms with Gasteiger partial charge in [0.2, 0.25) is 5.91 Å². The average Bonchev–Trinajstić information content (AvgIpc) is 3.27. The van der Waals surface area contributed by atoms with Crippen LogP contribution in [-0.4, -0.2) is 36.9 Å². The molecule has 3 rings (SSSR count). The molecule has 1 heterocycles. The van der Waals surface area contributed by atoms with Gasteiger partial charge in [0, 0.05) is 24.6 Å². The standard InChI is InChI=1S/C24H29N3O3/c1-24(2,16-29-3)13-22(18-6-5-7-21(12-18)30-4)23(28)27-20-10-8-17(9-11-20)19-14-25-26-15-19/h5-12,14-15,22H,13,16H2,1-4H3,(H,25,26)(H,27,28). The molecule has 1 atom stereocenters. The molecule has 0 bridgehead atoms. The number of ether oxygens (including phenoxy) is 2. The second-order valence-corrected chi connectivity index (χ2v) is 8.18. The van der Waals surface area contributed by atoms with Crippen molar-refractivity contribution >= 4 is 11.6 Å². The van der Waals surface area contributed by atoms with Crippen LogP contribution in [0.1, 0.15) is 31.7 Å². The molecule has 1 aromatic heterocycles. The lowest BCUT2D eigenvalue weighted by Gasteiger charge is -2.29. The fourth-order valence-electron chi connectivity index (χ4n) is 3.61. The van der Waals surface area contributed by atoms with Gasteiger partial charge in [0.15, 0.2) is 0 Å². The Morgan fingerprint density at radius 1 is 1.13 bits per heavy atom. The van der Waals surface area contributed by atoms with Crippen LogP contribution in [0.25, 0.3) is 11.1 Å². The number of nitrogens with one attached hydrogen (secondary N) is 2. The first-order valence-electron chi connectivity index (χ1n) is 9.95. The van der Waals surface area contributed by atoms with Crippen molar-refractivity contribution < 1.29 is 14.3 Å². The summed E-state index contributed by atoms with van der Waals surface area (Å²) in [5.41, 5.74) is 3.55. The number of carbonyl (C=O) groups is 1. The number of H-pyrrole nitrogens is 1. The fraction of sp³-hybridized carbons (Fsp3) is 0.333. The van der Waals surface area contributed by atoms with Crippen molar-refractivity contribution in [3.8, 4) is 16.9 Å². The number of aromatic amines is 1. The highest BCUT2D eigenvalue weighted by molar-refractivity contribution is 5.96. The van der Waals surface area contributed by atoms with E-state index >= 15 is 0 Å². The molecule has 3 aromatic rings. The van der Waals surface area contributed by atoms with Crippen LogP contribution in [0.4, 0.5) is 5.69 Å². The van der Waals surface area contributed by atoms with Gasteiger partial charge in [-0.2, -0.15) is 5.10 Å². The zero-order valence-electron chi connectivity index (χ0n) is 17.9. The molecule has 6 nitrogen and oxygen atoms in total. The second-order valence-electron chi connectivity index (χ2n) is 8.18. The summed E-state index contributed by atoms with van der Waals surface area (Å²) in [7, 11) is 3.31. The van der Waals surface area contributed by atoms with Crippen LogP contribution in [0.15, 0.2) is 60.9 Å². The Bertz CT molecular complexity index is 950. The van der Waals surface area contributed by atoms with E-state index in [0.717, 1.165) is 28.1 Å². The third-order valence-corrected chi connectivity index (χ3v) is 5.09. The van der Waals surface area contributed by atoms with Crippen LogP contribution in [0, 0.1) is 5.41 Å². The fourth-order valence-corrected chi connectivity index (χ4v) is 3.61. The Hall–Kier alpha value is -3.12. The normalized spacial score (nSPS) is 12.4. The van der Waals surface area contributed by atoms with Crippen molar-refractivity contribution in [2.45, 2.75) is 26.2 Å². The molecule has 6 heteroatoms. The van der Waals surface area contributed by atoms with E-state index < -0.39 is 0 Å². The van der Waals surface area contributed by atoms with E-state index in [4.69, 9.17) is 9.47 Å². The molecule has 2 aromatic carbocycles. The van der Waals surface area contributed by atoms with E-state index in [-0.39, 0.29) is 17.2 Å². The lowest BCUT2D eigenvalue weighted by Crippen LogP contribution is -2.29. The Labute approximate surface area is 177 Å². The number of aromatic nitrogens is 2. The number of carbonyl (C=O) groups excluding carboxylic acids is 1. The number of anilines is 1. The first kappa shape index (κ1) is 21.6. The number of amides is 1. The van der Waals surface area contributed by atoms with Gasteiger partial charge in [-0.05, 0) is 47.2 Å². The molecule has 0 aliphatic rings. The molecule has 158 valence electrons. The summed E-state index contributed by atoms with van der Waals surface area (Å²) in [4.78, 5) is 13.3. The number of benzene rings is 2. The van der Waals surface area contributed by atoms with Crippen molar-refractivity contribution in [3.63, 3.8) is 0 Å². The summed E-state index contributed by atoms with van der Waals surface area (Å²) in [5.74, 6) is 0.349. The molecular formula is C24H29N3O3. The quantitative estimate of drug-likeness (QED) is 0.531. The number of hydrogen-bond donors (Lipinski definition) is 2. The zero-order valence-corrected chi connectivity index (χ0v) is 17.9. The number of methoxy groups -OCH3 is 2. The van der Waals surface area contributed by atoms with Crippen molar-refractivity contribution in [2.24, 2.45) is 5.41 Å². The Morgan fingerprint density at radius 3 is 2.53 bits per heavy atom. The summed E-state index contributed by atoms with van der Waals surface area (Å²) in [5, 5.41) is 9.85. The molecular weight excluding hydrogens is 378 g/mol. The third-order valence-electron chi connectivity index (χ3n) is 5.09. The predicted octanol–water partition coefficient (Wildman–Crippen LogP) is 4.87. The van der Waals surface area contributed by atoms with Gasteiger partial charge < -0.3 is 14.8 Å². The SMILES string of the molecule is COCC(C)(C)CC(C(=O)Nc1ccc(-c2cn[nH]c2)cc1)c1cccc(OC)c1. The monoisotopic (exact) mass is 407 g/mol. The molecule has 0 radical (unpaired) electrons. The van der Waals surface area contributed by atoms with E-state index in [1.165, 1.54) is 0 Å². The molecule has 0 aliphatic heterocycles. The van der Waals surface area contributed by atoms with Crippen LogP contribution in [0.5, 0.6) is 5.75 Å². The molecule has 0 spiro atoms. The number of nitrogens with zero attached hydrogens (tertiary/aromatic N) is 1. The van der Waals surface area contributed by atoms with Gasteiger partial charge in [-0.25, -0.2) is 0 Å². The molecule has 0 fully saturated rings. The minimum Gasteiger partial charge on any atom is -0.497 e. The summed E-state index contributed by atoms with van der Waals surface area (Å²) in [6, 6.07) is 15.4. The van der Waals surface area contributed by atoms with Gasteiger partial charge in [0.25, 0.3) is 0 Å². The van der Waals surface area contributed by atoms with Crippen LogP contribution < -0.4 is 10.1 Å². The summed E-state index contributed by atoms with van der Waals surface area (Å²) in [6.07, 6.45) is 4.25. The van der Waals surface area contributed by atoms with Gasteiger partial charge in [0.05, 0.1) is 25.8 Å². The Balaban J connectivity index is 1.82. The lowest BCUT2D eigenvalue weighted by molar-refractivity contribution is -0.118. The average molecular weight is 408 g/mol. The summed E-state index contributed by atoms with van der Waals surface area (Å²) >= 11 is 0. The van der Waals surface area contributed by atoms with Crippen LogP contribution in [0.3, 0.4) is 0 Å². The first-order valence-corrected chi connectivity index (χ1v) is 9.95. The van der Waals surface area contributed by atoms with Crippen molar-refractivity contribution in [1.82, 2.24) is 10.2 Å². The molecule has 30 heavy (non-hydrogen) atoms. The third kappa shape index (κ3) is 5.48. The summed E-state index contributed by atoms with van der Waals surface area (Å²) < 4.78 is 10.7. The molecule has 0 aliphatic carbocycles. The minimum absolute atomic E-state index is 0.0523. The maximum Gasteiger partial charge on any atom is 0.231 e. The molecule has 2 N–H and O–H groups in total. The highest BCUT2D eigenvalue weighted by atomic mass is 16.5. The van der Waals surface area contributed by atoms with E-state index in [2.05, 4.69) is 29.4 Å². The molecule has 0 saturated carbocycles. The van der Waals surface area contributed by atoms with Crippen molar-refractivity contribution in [3.05, 3.63) is 66.5 Å². The smallest absolute Gasteiger partial charge is 0.231 e. The van der Waals surface area contributed by atoms with Crippen LogP contribution in [-0.2, 0) is 9.53 Å². The lowest BCUT2D eigenvalue weighted by atomic mass is 9.80. The highest BCUT2D eigenvalue weighted by Crippen LogP contribution is 2.34. The number of hydrogen-bond acceptors (Lipinski definition) is 4. The largest absolute Gasteiger partial charge is 0.497 e. The molecule has 0 saturated heterocycles. The molecule has 1 unspecified atom stereocenters. The topological polar surface area (TPSA) is 76.2 Å². The van der Waals surface area contributed by atoms with Gasteiger partial charge in [-0.3, -0.25) is 9.89 Å². The van der Waals surface area contributed by atoms with Gasteiger partial charge >= 0.3 is 0 Å². The van der Waals surface area contributed by atoms with Gasteiger partial charge in [-0.1, -0.05) is 38.1 Å².